The van der Waals surface area contributed by atoms with Gasteiger partial charge in [-0.05, 0) is 22.3 Å². The summed E-state index contributed by atoms with van der Waals surface area (Å²) in [4.78, 5) is 10.2. The molecule has 0 fully saturated rings. The van der Waals surface area contributed by atoms with Crippen LogP contribution in [0.2, 0.25) is 0 Å². The number of aromatic nitrogens is 2. The van der Waals surface area contributed by atoms with E-state index in [4.69, 9.17) is 9.97 Å². The van der Waals surface area contributed by atoms with Crippen molar-refractivity contribution in [1.29, 1.82) is 10.5 Å². The van der Waals surface area contributed by atoms with Gasteiger partial charge in [0.05, 0.1) is 34.4 Å². The molecule has 1 aromatic heterocycles. The van der Waals surface area contributed by atoms with E-state index in [-0.39, 0.29) is 11.8 Å². The summed E-state index contributed by atoms with van der Waals surface area (Å²) in [7, 11) is 0. The largest absolute Gasteiger partial charge is 0.247 e. The molecular formula is C28H14N4. The minimum Gasteiger partial charge on any atom is -0.247 e. The van der Waals surface area contributed by atoms with Gasteiger partial charge < -0.3 is 0 Å². The lowest BCUT2D eigenvalue weighted by Gasteiger charge is -2.40. The van der Waals surface area contributed by atoms with Crippen LogP contribution in [0.4, 0.5) is 0 Å². The number of nitrogens with zero attached hydrogens (tertiary/aromatic N) is 4. The van der Waals surface area contributed by atoms with Crippen molar-refractivity contribution >= 4 is 21.8 Å². The maximum atomic E-state index is 10.0. The van der Waals surface area contributed by atoms with Crippen LogP contribution < -0.4 is 0 Å². The third-order valence-corrected chi connectivity index (χ3v) is 6.90. The van der Waals surface area contributed by atoms with Crippen molar-refractivity contribution < 1.29 is 0 Å². The van der Waals surface area contributed by atoms with Crippen molar-refractivity contribution in [3.05, 3.63) is 118 Å². The molecule has 1 heterocycles. The van der Waals surface area contributed by atoms with Gasteiger partial charge in [-0.1, -0.05) is 72.8 Å². The fourth-order valence-corrected chi connectivity index (χ4v) is 5.63. The highest BCUT2D eigenvalue weighted by Crippen LogP contribution is 2.54. The third kappa shape index (κ3) is 1.95. The minimum atomic E-state index is -0.0251. The Kier molecular flexibility index (Phi) is 3.22. The highest BCUT2D eigenvalue weighted by atomic mass is 14.9. The first-order chi connectivity index (χ1) is 15.8. The number of fused-ring (bicyclic) bond motifs is 2. The molecule has 8 rings (SSSR count). The number of benzene rings is 4. The van der Waals surface area contributed by atoms with Crippen LogP contribution >= 0.6 is 0 Å². The second-order valence-corrected chi connectivity index (χ2v) is 8.33. The maximum absolute atomic E-state index is 10.0. The Bertz CT molecular complexity index is 1550. The molecule has 32 heavy (non-hydrogen) atoms. The van der Waals surface area contributed by atoms with Crippen LogP contribution in [0.1, 0.15) is 56.6 Å². The van der Waals surface area contributed by atoms with E-state index in [1.807, 2.05) is 24.3 Å². The highest BCUT2D eigenvalue weighted by molar-refractivity contribution is 6.06. The quantitative estimate of drug-likeness (QED) is 0.311. The maximum Gasteiger partial charge on any atom is 0.109 e. The molecule has 2 bridgehead atoms. The van der Waals surface area contributed by atoms with Crippen LogP contribution in [0.25, 0.3) is 21.8 Å². The monoisotopic (exact) mass is 406 g/mol. The average molecular weight is 406 g/mol. The van der Waals surface area contributed by atoms with E-state index in [0.29, 0.717) is 22.2 Å². The molecule has 4 aromatic carbocycles. The smallest absolute Gasteiger partial charge is 0.109 e. The molecule has 4 heteroatoms. The predicted octanol–water partition coefficient (Wildman–Crippen LogP) is 5.51. The van der Waals surface area contributed by atoms with Gasteiger partial charge in [-0.3, -0.25) is 0 Å². The van der Waals surface area contributed by atoms with Crippen LogP contribution in [-0.2, 0) is 0 Å². The summed E-state index contributed by atoms with van der Waals surface area (Å²) in [6.07, 6.45) is 0. The summed E-state index contributed by atoms with van der Waals surface area (Å²) in [5, 5.41) is 21.6. The van der Waals surface area contributed by atoms with E-state index < -0.39 is 0 Å². The second-order valence-electron chi connectivity index (χ2n) is 8.33. The molecule has 146 valence electrons. The summed E-state index contributed by atoms with van der Waals surface area (Å²) in [5.41, 5.74) is 8.78. The number of hydrogen-bond donors (Lipinski definition) is 0. The zero-order valence-corrected chi connectivity index (χ0v) is 16.9. The molecular weight excluding hydrogens is 392 g/mol. The number of hydrogen-bond acceptors (Lipinski definition) is 4. The van der Waals surface area contributed by atoms with Crippen LogP contribution in [-0.4, -0.2) is 9.97 Å². The number of rotatable bonds is 0. The van der Waals surface area contributed by atoms with Gasteiger partial charge in [0.1, 0.15) is 23.2 Å². The molecule has 4 nitrogen and oxygen atoms in total. The van der Waals surface area contributed by atoms with Gasteiger partial charge >= 0.3 is 0 Å². The fourth-order valence-electron chi connectivity index (χ4n) is 5.63. The summed E-state index contributed by atoms with van der Waals surface area (Å²) in [6.45, 7) is 0. The molecule has 0 saturated heterocycles. The Labute approximate surface area is 184 Å². The van der Waals surface area contributed by atoms with E-state index in [1.54, 1.807) is 0 Å². The van der Waals surface area contributed by atoms with Gasteiger partial charge in [-0.25, -0.2) is 9.97 Å². The molecule has 0 amide bonds. The Morgan fingerprint density at radius 1 is 0.531 bits per heavy atom. The van der Waals surface area contributed by atoms with Gasteiger partial charge in [0, 0.05) is 10.8 Å². The normalized spacial score (nSPS) is 17.3. The summed E-state index contributed by atoms with van der Waals surface area (Å²) in [5.74, 6) is -0.0503. The van der Waals surface area contributed by atoms with E-state index in [1.165, 1.54) is 22.3 Å². The summed E-state index contributed by atoms with van der Waals surface area (Å²) in [6, 6.07) is 29.2. The van der Waals surface area contributed by atoms with Crippen LogP contribution in [0.15, 0.2) is 72.8 Å². The van der Waals surface area contributed by atoms with E-state index in [2.05, 4.69) is 60.7 Å². The average Bonchev–Trinajstić information content (AvgIpc) is 2.85. The lowest BCUT2D eigenvalue weighted by atomic mass is 9.64. The van der Waals surface area contributed by atoms with Crippen molar-refractivity contribution in [2.75, 3.05) is 0 Å². The van der Waals surface area contributed by atoms with Crippen LogP contribution in [0.3, 0.4) is 0 Å². The van der Waals surface area contributed by atoms with Gasteiger partial charge in [0.15, 0.2) is 0 Å². The third-order valence-electron chi connectivity index (χ3n) is 6.90. The van der Waals surface area contributed by atoms with Gasteiger partial charge in [0.25, 0.3) is 0 Å². The van der Waals surface area contributed by atoms with Crippen molar-refractivity contribution in [1.82, 2.24) is 9.97 Å². The summed E-state index contributed by atoms with van der Waals surface area (Å²) >= 11 is 0. The molecule has 0 spiro atoms. The topological polar surface area (TPSA) is 73.4 Å². The van der Waals surface area contributed by atoms with E-state index >= 15 is 0 Å². The van der Waals surface area contributed by atoms with Gasteiger partial charge in [-0.2, -0.15) is 10.5 Å². The molecule has 0 aliphatic heterocycles. The van der Waals surface area contributed by atoms with Gasteiger partial charge in [0.2, 0.25) is 0 Å². The molecule has 5 aromatic rings. The lowest BCUT2D eigenvalue weighted by molar-refractivity contribution is 0.709. The minimum absolute atomic E-state index is 0.0251. The second kappa shape index (κ2) is 6.00. The molecule has 0 unspecified atom stereocenters. The SMILES string of the molecule is N#Cc1c2ccccc2c(C#N)c2nc3c(nc12)C1c2ccccc2C3c2ccccc21. The highest BCUT2D eigenvalue weighted by Gasteiger charge is 2.43. The first-order valence-electron chi connectivity index (χ1n) is 10.6. The Morgan fingerprint density at radius 2 is 0.875 bits per heavy atom. The van der Waals surface area contributed by atoms with Crippen molar-refractivity contribution in [3.63, 3.8) is 0 Å². The molecule has 3 aliphatic rings. The first kappa shape index (κ1) is 17.2. The standard InChI is InChI=1S/C28H14N4/c29-13-21-15-7-1-2-8-16(15)22(14-30)26-25(21)31-27-23-17-9-3-5-11-19(17)24(28(27)32-26)20-12-6-4-10-18(20)23/h1-12,23-24H. The van der Waals surface area contributed by atoms with Crippen molar-refractivity contribution in [2.45, 2.75) is 11.8 Å². The zero-order chi connectivity index (χ0) is 21.4. The van der Waals surface area contributed by atoms with Crippen molar-refractivity contribution in [2.24, 2.45) is 0 Å². The Hall–Kier alpha value is -4.54. The van der Waals surface area contributed by atoms with Gasteiger partial charge in [-0.15, -0.1) is 0 Å². The Balaban J connectivity index is 1.67. The zero-order valence-electron chi connectivity index (χ0n) is 16.9. The van der Waals surface area contributed by atoms with Crippen LogP contribution in [0, 0.1) is 22.7 Å². The van der Waals surface area contributed by atoms with Crippen molar-refractivity contribution in [3.8, 4) is 12.1 Å². The fraction of sp³-hybridized carbons (Fsp3) is 0.0714. The predicted molar refractivity (Wildman–Crippen MR) is 121 cm³/mol. The van der Waals surface area contributed by atoms with E-state index in [9.17, 15) is 10.5 Å². The molecule has 0 saturated carbocycles. The van der Waals surface area contributed by atoms with Crippen LogP contribution in [0.5, 0.6) is 0 Å². The lowest BCUT2D eigenvalue weighted by Crippen LogP contribution is -2.29. The molecule has 0 atom stereocenters. The molecule has 0 N–H and O–H groups in total. The summed E-state index contributed by atoms with van der Waals surface area (Å²) < 4.78 is 0. The number of nitriles is 2. The molecule has 3 aliphatic carbocycles. The Morgan fingerprint density at radius 3 is 1.22 bits per heavy atom. The van der Waals surface area contributed by atoms with E-state index in [0.717, 1.165) is 22.2 Å². The first-order valence-corrected chi connectivity index (χ1v) is 10.6. The molecule has 0 radical (unpaired) electrons.